The standard InChI is InChI=1S/C8H17N3O2S/c1-8(7-9)14(12,13)11(4)6-5-10(2)3/h8H,5-6H2,1-4H3. The molecule has 82 valence electrons. The molecule has 0 aliphatic carbocycles. The second-order valence-electron chi connectivity index (χ2n) is 3.44. The molecule has 0 aromatic heterocycles. The number of sulfonamides is 1. The Kier molecular flexibility index (Phi) is 5.05. The first kappa shape index (κ1) is 13.4. The number of nitriles is 1. The Morgan fingerprint density at radius 3 is 2.14 bits per heavy atom. The van der Waals surface area contributed by atoms with Crippen LogP contribution in [-0.2, 0) is 10.0 Å². The highest BCUT2D eigenvalue weighted by atomic mass is 32.2. The Morgan fingerprint density at radius 2 is 1.79 bits per heavy atom. The molecule has 0 aromatic rings. The van der Waals surface area contributed by atoms with E-state index in [4.69, 9.17) is 5.26 Å². The summed E-state index contributed by atoms with van der Waals surface area (Å²) in [6.45, 7) is 2.44. The first-order chi connectivity index (χ1) is 6.32. The molecular weight excluding hydrogens is 202 g/mol. The van der Waals surface area contributed by atoms with E-state index in [1.54, 1.807) is 6.07 Å². The van der Waals surface area contributed by atoms with Crippen molar-refractivity contribution < 1.29 is 8.42 Å². The Morgan fingerprint density at radius 1 is 1.29 bits per heavy atom. The molecule has 0 fully saturated rings. The first-order valence-electron chi connectivity index (χ1n) is 4.32. The highest BCUT2D eigenvalue weighted by Crippen LogP contribution is 2.05. The van der Waals surface area contributed by atoms with Gasteiger partial charge in [0, 0.05) is 20.1 Å². The Hall–Kier alpha value is -0.640. The van der Waals surface area contributed by atoms with Gasteiger partial charge < -0.3 is 4.90 Å². The van der Waals surface area contributed by atoms with Crippen molar-refractivity contribution in [3.63, 3.8) is 0 Å². The van der Waals surface area contributed by atoms with E-state index in [0.717, 1.165) is 0 Å². The van der Waals surface area contributed by atoms with Crippen molar-refractivity contribution in [2.45, 2.75) is 12.2 Å². The lowest BCUT2D eigenvalue weighted by atomic mass is 10.5. The summed E-state index contributed by atoms with van der Waals surface area (Å²) in [6.07, 6.45) is 0. The lowest BCUT2D eigenvalue weighted by molar-refractivity contribution is 0.357. The molecule has 0 aromatic carbocycles. The highest BCUT2D eigenvalue weighted by Gasteiger charge is 2.25. The molecule has 0 rings (SSSR count). The average Bonchev–Trinajstić information content (AvgIpc) is 2.12. The van der Waals surface area contributed by atoms with Gasteiger partial charge in [-0.1, -0.05) is 0 Å². The maximum atomic E-state index is 11.6. The molecule has 0 spiro atoms. The van der Waals surface area contributed by atoms with E-state index in [-0.39, 0.29) is 0 Å². The van der Waals surface area contributed by atoms with Gasteiger partial charge in [-0.15, -0.1) is 0 Å². The molecular formula is C8H17N3O2S. The van der Waals surface area contributed by atoms with Gasteiger partial charge in [0.05, 0.1) is 6.07 Å². The van der Waals surface area contributed by atoms with Gasteiger partial charge >= 0.3 is 0 Å². The van der Waals surface area contributed by atoms with E-state index in [9.17, 15) is 8.42 Å². The number of hydrogen-bond donors (Lipinski definition) is 0. The number of rotatable bonds is 5. The summed E-state index contributed by atoms with van der Waals surface area (Å²) < 4.78 is 24.3. The molecule has 0 saturated carbocycles. The van der Waals surface area contributed by atoms with Crippen LogP contribution in [0.4, 0.5) is 0 Å². The van der Waals surface area contributed by atoms with E-state index in [2.05, 4.69) is 0 Å². The van der Waals surface area contributed by atoms with E-state index in [0.29, 0.717) is 13.1 Å². The molecule has 0 aliphatic rings. The number of likely N-dealkylation sites (N-methyl/N-ethyl adjacent to an activating group) is 2. The van der Waals surface area contributed by atoms with Gasteiger partial charge in [0.15, 0.2) is 5.25 Å². The molecule has 0 aliphatic heterocycles. The predicted molar refractivity (Wildman–Crippen MR) is 55.2 cm³/mol. The summed E-state index contributed by atoms with van der Waals surface area (Å²) in [5.41, 5.74) is 0. The molecule has 0 radical (unpaired) electrons. The fourth-order valence-corrected chi connectivity index (χ4v) is 1.81. The van der Waals surface area contributed by atoms with Gasteiger partial charge in [0.2, 0.25) is 10.0 Å². The maximum Gasteiger partial charge on any atom is 0.229 e. The third-order valence-electron chi connectivity index (χ3n) is 1.93. The Balaban J connectivity index is 4.39. The summed E-state index contributed by atoms with van der Waals surface area (Å²) in [7, 11) is 1.79. The van der Waals surface area contributed by atoms with Crippen LogP contribution in [0.1, 0.15) is 6.92 Å². The van der Waals surface area contributed by atoms with Crippen LogP contribution in [-0.4, -0.2) is 57.1 Å². The minimum absolute atomic E-state index is 0.404. The average molecular weight is 219 g/mol. The minimum Gasteiger partial charge on any atom is -0.308 e. The monoisotopic (exact) mass is 219 g/mol. The zero-order chi connectivity index (χ0) is 11.4. The summed E-state index contributed by atoms with van der Waals surface area (Å²) in [4.78, 5) is 1.89. The minimum atomic E-state index is -3.44. The van der Waals surface area contributed by atoms with Crippen LogP contribution >= 0.6 is 0 Å². The smallest absolute Gasteiger partial charge is 0.229 e. The molecule has 0 heterocycles. The quantitative estimate of drug-likeness (QED) is 0.638. The van der Waals surface area contributed by atoms with Crippen LogP contribution < -0.4 is 0 Å². The van der Waals surface area contributed by atoms with Crippen molar-refractivity contribution >= 4 is 10.0 Å². The number of hydrogen-bond acceptors (Lipinski definition) is 4. The van der Waals surface area contributed by atoms with Crippen molar-refractivity contribution in [2.24, 2.45) is 0 Å². The summed E-state index contributed by atoms with van der Waals surface area (Å²) in [6, 6.07) is 1.73. The molecule has 0 bridgehead atoms. The van der Waals surface area contributed by atoms with Crippen LogP contribution in [0.25, 0.3) is 0 Å². The van der Waals surface area contributed by atoms with Crippen LogP contribution in [0.15, 0.2) is 0 Å². The normalized spacial score (nSPS) is 14.4. The van der Waals surface area contributed by atoms with Crippen LogP contribution in [0.3, 0.4) is 0 Å². The van der Waals surface area contributed by atoms with Gasteiger partial charge in [-0.05, 0) is 21.0 Å². The predicted octanol–water partition coefficient (Wildman–Crippen LogP) is -0.278. The second kappa shape index (κ2) is 5.29. The topological polar surface area (TPSA) is 64.4 Å². The zero-order valence-corrected chi connectivity index (χ0v) is 9.87. The largest absolute Gasteiger partial charge is 0.308 e. The fourth-order valence-electron chi connectivity index (χ4n) is 0.805. The molecule has 0 N–H and O–H groups in total. The summed E-state index contributed by atoms with van der Waals surface area (Å²) in [5.74, 6) is 0. The fraction of sp³-hybridized carbons (Fsp3) is 0.875. The first-order valence-corrected chi connectivity index (χ1v) is 5.82. The lowest BCUT2D eigenvalue weighted by Gasteiger charge is -2.20. The van der Waals surface area contributed by atoms with Gasteiger partial charge in [0.25, 0.3) is 0 Å². The van der Waals surface area contributed by atoms with Gasteiger partial charge in [-0.25, -0.2) is 12.7 Å². The highest BCUT2D eigenvalue weighted by molar-refractivity contribution is 7.89. The third kappa shape index (κ3) is 3.62. The van der Waals surface area contributed by atoms with Crippen molar-refractivity contribution in [1.29, 1.82) is 5.26 Å². The van der Waals surface area contributed by atoms with E-state index < -0.39 is 15.3 Å². The molecule has 1 unspecified atom stereocenters. The second-order valence-corrected chi connectivity index (χ2v) is 5.80. The van der Waals surface area contributed by atoms with E-state index in [1.165, 1.54) is 18.3 Å². The molecule has 0 saturated heterocycles. The van der Waals surface area contributed by atoms with E-state index in [1.807, 2.05) is 19.0 Å². The van der Waals surface area contributed by atoms with Crippen LogP contribution in [0.5, 0.6) is 0 Å². The van der Waals surface area contributed by atoms with Crippen molar-refractivity contribution in [3.05, 3.63) is 0 Å². The molecule has 0 amide bonds. The van der Waals surface area contributed by atoms with Crippen molar-refractivity contribution in [2.75, 3.05) is 34.2 Å². The Labute approximate surface area is 86.0 Å². The van der Waals surface area contributed by atoms with Gasteiger partial charge in [0.1, 0.15) is 0 Å². The van der Waals surface area contributed by atoms with Crippen LogP contribution in [0.2, 0.25) is 0 Å². The maximum absolute atomic E-state index is 11.6. The molecule has 6 heteroatoms. The zero-order valence-electron chi connectivity index (χ0n) is 9.06. The van der Waals surface area contributed by atoms with Crippen molar-refractivity contribution in [1.82, 2.24) is 9.21 Å². The van der Waals surface area contributed by atoms with Crippen LogP contribution in [0, 0.1) is 11.3 Å². The summed E-state index contributed by atoms with van der Waals surface area (Å²) >= 11 is 0. The molecule has 1 atom stereocenters. The molecule has 5 nitrogen and oxygen atoms in total. The van der Waals surface area contributed by atoms with Gasteiger partial charge in [-0.2, -0.15) is 5.26 Å². The van der Waals surface area contributed by atoms with Crippen molar-refractivity contribution in [3.8, 4) is 6.07 Å². The SMILES string of the molecule is CC(C#N)S(=O)(=O)N(C)CCN(C)C. The Bertz CT molecular complexity index is 305. The lowest BCUT2D eigenvalue weighted by Crippen LogP contribution is -2.38. The number of nitrogens with zero attached hydrogens (tertiary/aromatic N) is 3. The third-order valence-corrected chi connectivity index (χ3v) is 3.98. The van der Waals surface area contributed by atoms with E-state index >= 15 is 0 Å². The summed E-state index contributed by atoms with van der Waals surface area (Å²) in [5, 5.41) is 7.55. The molecule has 14 heavy (non-hydrogen) atoms. The van der Waals surface area contributed by atoms with Gasteiger partial charge in [-0.3, -0.25) is 0 Å².